The minimum atomic E-state index is -4.22. The van der Waals surface area contributed by atoms with Crippen LogP contribution < -0.4 is 4.74 Å². The van der Waals surface area contributed by atoms with Crippen LogP contribution in [0.4, 0.5) is 13.2 Å². The second-order valence-corrected chi connectivity index (χ2v) is 9.41. The van der Waals surface area contributed by atoms with Crippen molar-refractivity contribution in [3.05, 3.63) is 54.1 Å². The molecule has 0 aromatic heterocycles. The second-order valence-electron chi connectivity index (χ2n) is 9.41. The molecule has 0 aliphatic carbocycles. The molecule has 1 unspecified atom stereocenters. The Bertz CT molecular complexity index is 769. The average molecular weight is 497 g/mol. The Hall–Kier alpha value is -2.24. The van der Waals surface area contributed by atoms with Gasteiger partial charge in [-0.05, 0) is 81.9 Å². The SMILES string of the molecule is CCCC(/C=C/CCOc1cccc(CC(F)(F)F)c1)[C@H](C)CCC=CCCCC(=O)OC(C)C. The van der Waals surface area contributed by atoms with E-state index in [1.807, 2.05) is 13.8 Å². The third-order valence-corrected chi connectivity index (χ3v) is 5.67. The molecule has 35 heavy (non-hydrogen) atoms. The standard InChI is InChI=1S/C29H43F3O3/c1-5-14-26(24(4)15-9-7-6-8-10-19-28(33)35-23(2)3)17-11-12-20-34-27-18-13-16-25(21-27)22-29(30,31)32/h6-7,11,13,16-18,21,23-24,26H,5,8-10,12,14-15,19-20,22H2,1-4H3/b7-6?,17-11+/t24-,26?/m1/s1. The molecule has 0 saturated carbocycles. The highest BCUT2D eigenvalue weighted by Gasteiger charge is 2.27. The Morgan fingerprint density at radius 1 is 1.03 bits per heavy atom. The first-order valence-corrected chi connectivity index (χ1v) is 12.9. The van der Waals surface area contributed by atoms with E-state index in [0.29, 0.717) is 30.6 Å². The van der Waals surface area contributed by atoms with Gasteiger partial charge in [0.05, 0.1) is 19.1 Å². The molecule has 1 aromatic carbocycles. The Morgan fingerprint density at radius 3 is 2.46 bits per heavy atom. The molecule has 0 aliphatic heterocycles. The van der Waals surface area contributed by atoms with Crippen LogP contribution in [0.5, 0.6) is 5.75 Å². The molecular weight excluding hydrogens is 453 g/mol. The van der Waals surface area contributed by atoms with Crippen LogP contribution in [0.25, 0.3) is 0 Å². The molecule has 0 saturated heterocycles. The predicted molar refractivity (Wildman–Crippen MR) is 136 cm³/mol. The van der Waals surface area contributed by atoms with E-state index in [4.69, 9.17) is 9.47 Å². The van der Waals surface area contributed by atoms with Crippen molar-refractivity contribution in [1.82, 2.24) is 0 Å². The van der Waals surface area contributed by atoms with Crippen LogP contribution in [0.2, 0.25) is 0 Å². The zero-order chi connectivity index (χ0) is 26.1. The highest BCUT2D eigenvalue weighted by atomic mass is 19.4. The first-order valence-electron chi connectivity index (χ1n) is 12.9. The fourth-order valence-electron chi connectivity index (χ4n) is 3.89. The van der Waals surface area contributed by atoms with Crippen molar-refractivity contribution in [2.24, 2.45) is 11.8 Å². The zero-order valence-electron chi connectivity index (χ0n) is 21.8. The van der Waals surface area contributed by atoms with Gasteiger partial charge in [-0.25, -0.2) is 0 Å². The molecule has 2 atom stereocenters. The van der Waals surface area contributed by atoms with Gasteiger partial charge in [-0.15, -0.1) is 0 Å². The quantitative estimate of drug-likeness (QED) is 0.123. The number of esters is 1. The normalized spacial score (nSPS) is 14.1. The fourth-order valence-corrected chi connectivity index (χ4v) is 3.89. The number of ether oxygens (including phenoxy) is 2. The Morgan fingerprint density at radius 2 is 1.77 bits per heavy atom. The van der Waals surface area contributed by atoms with Gasteiger partial charge in [-0.1, -0.05) is 56.7 Å². The monoisotopic (exact) mass is 496 g/mol. The van der Waals surface area contributed by atoms with Crippen LogP contribution in [0.3, 0.4) is 0 Å². The molecule has 0 N–H and O–H groups in total. The summed E-state index contributed by atoms with van der Waals surface area (Å²) in [6.45, 7) is 8.63. The summed E-state index contributed by atoms with van der Waals surface area (Å²) in [4.78, 5) is 11.5. The number of carbonyl (C=O) groups excluding carboxylic acids is 1. The van der Waals surface area contributed by atoms with E-state index in [0.717, 1.165) is 44.9 Å². The number of alkyl halides is 3. The van der Waals surface area contributed by atoms with Crippen LogP contribution in [-0.2, 0) is 16.0 Å². The Labute approximate surface area is 209 Å². The predicted octanol–water partition coefficient (Wildman–Crippen LogP) is 8.63. The summed E-state index contributed by atoms with van der Waals surface area (Å²) in [5.74, 6) is 1.39. The van der Waals surface area contributed by atoms with Crippen LogP contribution in [-0.4, -0.2) is 24.9 Å². The topological polar surface area (TPSA) is 35.5 Å². The van der Waals surface area contributed by atoms with Crippen LogP contribution in [0.15, 0.2) is 48.6 Å². The molecule has 6 heteroatoms. The molecule has 0 heterocycles. The van der Waals surface area contributed by atoms with E-state index in [1.165, 1.54) is 12.1 Å². The van der Waals surface area contributed by atoms with E-state index < -0.39 is 12.6 Å². The van der Waals surface area contributed by atoms with Gasteiger partial charge in [0.15, 0.2) is 0 Å². The van der Waals surface area contributed by atoms with Crippen LogP contribution in [0, 0.1) is 11.8 Å². The number of unbranched alkanes of at least 4 members (excludes halogenated alkanes) is 1. The third kappa shape index (κ3) is 16.1. The van der Waals surface area contributed by atoms with Crippen molar-refractivity contribution in [1.29, 1.82) is 0 Å². The minimum absolute atomic E-state index is 0.0547. The Balaban J connectivity index is 2.33. The summed E-state index contributed by atoms with van der Waals surface area (Å²) in [5, 5.41) is 0. The molecule has 0 bridgehead atoms. The van der Waals surface area contributed by atoms with Crippen molar-refractivity contribution in [3.8, 4) is 5.75 Å². The molecule has 0 radical (unpaired) electrons. The maximum Gasteiger partial charge on any atom is 0.393 e. The fraction of sp³-hybridized carbons (Fsp3) is 0.621. The lowest BCUT2D eigenvalue weighted by molar-refractivity contribution is -0.147. The van der Waals surface area contributed by atoms with Crippen molar-refractivity contribution in [2.75, 3.05) is 6.61 Å². The molecule has 1 aromatic rings. The van der Waals surface area contributed by atoms with E-state index >= 15 is 0 Å². The maximum atomic E-state index is 12.6. The van der Waals surface area contributed by atoms with Gasteiger partial charge in [0.1, 0.15) is 5.75 Å². The number of rotatable bonds is 17. The molecule has 0 fully saturated rings. The lowest BCUT2D eigenvalue weighted by Gasteiger charge is -2.20. The van der Waals surface area contributed by atoms with Crippen LogP contribution in [0.1, 0.15) is 84.6 Å². The summed E-state index contributed by atoms with van der Waals surface area (Å²) in [6.07, 6.45) is 10.8. The molecule has 0 aliphatic rings. The van der Waals surface area contributed by atoms with Crippen LogP contribution >= 0.6 is 0 Å². The number of halogens is 3. The number of hydrogen-bond acceptors (Lipinski definition) is 3. The molecule has 198 valence electrons. The summed E-state index contributed by atoms with van der Waals surface area (Å²) >= 11 is 0. The van der Waals surface area contributed by atoms with Gasteiger partial charge in [0.2, 0.25) is 0 Å². The van der Waals surface area contributed by atoms with Crippen molar-refractivity contribution >= 4 is 5.97 Å². The first kappa shape index (κ1) is 30.8. The first-order chi connectivity index (χ1) is 16.6. The van der Waals surface area contributed by atoms with Gasteiger partial charge < -0.3 is 9.47 Å². The van der Waals surface area contributed by atoms with Gasteiger partial charge in [0, 0.05) is 6.42 Å². The van der Waals surface area contributed by atoms with Crippen molar-refractivity contribution in [3.63, 3.8) is 0 Å². The molecule has 0 amide bonds. The number of hydrogen-bond donors (Lipinski definition) is 0. The average Bonchev–Trinajstić information content (AvgIpc) is 2.76. The summed E-state index contributed by atoms with van der Waals surface area (Å²) in [7, 11) is 0. The number of allylic oxidation sites excluding steroid dienone is 3. The van der Waals surface area contributed by atoms with E-state index in [1.54, 1.807) is 12.1 Å². The van der Waals surface area contributed by atoms with E-state index in [2.05, 4.69) is 38.2 Å². The van der Waals surface area contributed by atoms with E-state index in [9.17, 15) is 18.0 Å². The minimum Gasteiger partial charge on any atom is -0.493 e. The summed E-state index contributed by atoms with van der Waals surface area (Å²) < 4.78 is 48.5. The van der Waals surface area contributed by atoms with Crippen molar-refractivity contribution < 1.29 is 27.4 Å². The largest absolute Gasteiger partial charge is 0.493 e. The molecular formula is C29H43F3O3. The molecule has 3 nitrogen and oxygen atoms in total. The smallest absolute Gasteiger partial charge is 0.393 e. The Kier molecular flexibility index (Phi) is 15.2. The van der Waals surface area contributed by atoms with E-state index in [-0.39, 0.29) is 17.6 Å². The summed E-state index contributed by atoms with van der Waals surface area (Å²) in [6, 6.07) is 6.22. The highest BCUT2D eigenvalue weighted by Crippen LogP contribution is 2.25. The number of benzene rings is 1. The lowest BCUT2D eigenvalue weighted by Crippen LogP contribution is -2.11. The van der Waals surface area contributed by atoms with Gasteiger partial charge >= 0.3 is 12.1 Å². The zero-order valence-corrected chi connectivity index (χ0v) is 21.8. The third-order valence-electron chi connectivity index (χ3n) is 5.67. The highest BCUT2D eigenvalue weighted by molar-refractivity contribution is 5.69. The summed E-state index contributed by atoms with van der Waals surface area (Å²) in [5.41, 5.74) is 0.213. The molecule has 1 rings (SSSR count). The van der Waals surface area contributed by atoms with Gasteiger partial charge in [-0.3, -0.25) is 4.79 Å². The van der Waals surface area contributed by atoms with Gasteiger partial charge in [0.25, 0.3) is 0 Å². The van der Waals surface area contributed by atoms with Gasteiger partial charge in [-0.2, -0.15) is 13.2 Å². The maximum absolute atomic E-state index is 12.6. The van der Waals surface area contributed by atoms with Crippen molar-refractivity contribution in [2.45, 2.75) is 97.8 Å². The molecule has 0 spiro atoms. The second kappa shape index (κ2) is 17.2. The number of carbonyl (C=O) groups is 1. The lowest BCUT2D eigenvalue weighted by atomic mass is 9.86.